The Labute approximate surface area is 81.1 Å². The molecule has 0 bridgehead atoms. The molecule has 1 aromatic rings. The molecule has 0 aliphatic carbocycles. The van der Waals surface area contributed by atoms with Crippen LogP contribution in [-0.2, 0) is 14.0 Å². The van der Waals surface area contributed by atoms with E-state index in [0.29, 0.717) is 16.9 Å². The molecule has 0 unspecified atom stereocenters. The Balaban J connectivity index is 2.71. The third kappa shape index (κ3) is 3.77. The Morgan fingerprint density at radius 3 is 2.54 bits per heavy atom. The fourth-order valence-electron chi connectivity index (χ4n) is 0.730. The van der Waals surface area contributed by atoms with Gasteiger partial charge in [-0.1, -0.05) is 18.2 Å². The van der Waals surface area contributed by atoms with E-state index in [1.165, 1.54) is 0 Å². The lowest BCUT2D eigenvalue weighted by Crippen LogP contribution is -1.96. The summed E-state index contributed by atoms with van der Waals surface area (Å²) in [6, 6.07) is 7.09. The molecule has 13 heavy (non-hydrogen) atoms. The van der Waals surface area contributed by atoms with E-state index in [-0.39, 0.29) is 0 Å². The number of rotatable bonds is 3. The molecule has 0 radical (unpaired) electrons. The highest BCUT2D eigenvalue weighted by atomic mass is 32.3. The number of benzene rings is 1. The van der Waals surface area contributed by atoms with Gasteiger partial charge in [0.05, 0.1) is 12.0 Å². The molecule has 0 spiro atoms. The standard InChI is InChI=1S/C7H8O4S2/c1-6-4-2-3-5-7(6)12-11-13(8,9)10/h2-5H,1H3,(H,8,9,10). The molecule has 4 nitrogen and oxygen atoms in total. The Bertz CT molecular complexity index is 385. The second kappa shape index (κ2) is 4.10. The molecule has 0 atom stereocenters. The first-order valence-corrected chi connectivity index (χ1v) is 5.49. The van der Waals surface area contributed by atoms with Gasteiger partial charge in [0.25, 0.3) is 0 Å². The summed E-state index contributed by atoms with van der Waals surface area (Å²) in [5.74, 6) is 0. The van der Waals surface area contributed by atoms with Gasteiger partial charge in [-0.15, -0.1) is 0 Å². The van der Waals surface area contributed by atoms with Crippen LogP contribution in [0.15, 0.2) is 29.2 Å². The van der Waals surface area contributed by atoms with Crippen LogP contribution in [0.4, 0.5) is 0 Å². The monoisotopic (exact) mass is 220 g/mol. The number of hydrogen-bond acceptors (Lipinski definition) is 4. The van der Waals surface area contributed by atoms with Crippen LogP contribution in [0.25, 0.3) is 0 Å². The number of hydrogen-bond donors (Lipinski definition) is 1. The van der Waals surface area contributed by atoms with Crippen LogP contribution < -0.4 is 0 Å². The minimum Gasteiger partial charge on any atom is -0.263 e. The van der Waals surface area contributed by atoms with Crippen molar-refractivity contribution in [3.8, 4) is 0 Å². The van der Waals surface area contributed by atoms with Crippen LogP contribution >= 0.6 is 12.0 Å². The Kier molecular flexibility index (Phi) is 3.32. The Hall–Kier alpha value is -0.560. The fraction of sp³-hybridized carbons (Fsp3) is 0.143. The quantitative estimate of drug-likeness (QED) is 0.621. The van der Waals surface area contributed by atoms with Crippen LogP contribution in [0.2, 0.25) is 0 Å². The van der Waals surface area contributed by atoms with Gasteiger partial charge in [0.2, 0.25) is 0 Å². The Morgan fingerprint density at radius 1 is 1.38 bits per heavy atom. The molecule has 6 heteroatoms. The van der Waals surface area contributed by atoms with Crippen molar-refractivity contribution in [2.45, 2.75) is 11.8 Å². The molecule has 0 saturated heterocycles. The third-order valence-electron chi connectivity index (χ3n) is 1.30. The fourth-order valence-corrected chi connectivity index (χ4v) is 1.70. The van der Waals surface area contributed by atoms with Crippen molar-refractivity contribution in [3.63, 3.8) is 0 Å². The van der Waals surface area contributed by atoms with Gasteiger partial charge in [-0.25, -0.2) is 0 Å². The molecule has 1 rings (SSSR count). The molecular weight excluding hydrogens is 212 g/mol. The van der Waals surface area contributed by atoms with Crippen molar-refractivity contribution in [2.24, 2.45) is 0 Å². The average molecular weight is 220 g/mol. The van der Waals surface area contributed by atoms with E-state index in [1.54, 1.807) is 12.1 Å². The van der Waals surface area contributed by atoms with E-state index in [4.69, 9.17) is 4.55 Å². The van der Waals surface area contributed by atoms with Gasteiger partial charge in [0, 0.05) is 4.90 Å². The molecule has 1 aromatic carbocycles. The molecule has 0 aliphatic heterocycles. The van der Waals surface area contributed by atoms with Crippen LogP contribution in [-0.4, -0.2) is 13.0 Å². The SMILES string of the molecule is Cc1ccccc1SOS(=O)(=O)O. The van der Waals surface area contributed by atoms with Gasteiger partial charge in [-0.05, 0) is 18.6 Å². The summed E-state index contributed by atoms with van der Waals surface area (Å²) in [5.41, 5.74) is 0.885. The maximum Gasteiger partial charge on any atom is 0.408 e. The normalized spacial score (nSPS) is 11.5. The number of aryl methyl sites for hydroxylation is 1. The van der Waals surface area contributed by atoms with Gasteiger partial charge in [-0.3, -0.25) is 4.55 Å². The molecule has 0 aromatic heterocycles. The smallest absolute Gasteiger partial charge is 0.263 e. The van der Waals surface area contributed by atoms with E-state index in [9.17, 15) is 8.42 Å². The molecule has 0 heterocycles. The first kappa shape index (κ1) is 10.5. The van der Waals surface area contributed by atoms with E-state index < -0.39 is 10.4 Å². The van der Waals surface area contributed by atoms with Crippen LogP contribution in [0.3, 0.4) is 0 Å². The van der Waals surface area contributed by atoms with E-state index in [2.05, 4.69) is 3.63 Å². The second-order valence-corrected chi connectivity index (χ2v) is 4.35. The van der Waals surface area contributed by atoms with E-state index >= 15 is 0 Å². The molecular formula is C7H8O4S2. The van der Waals surface area contributed by atoms with Crippen molar-refractivity contribution in [3.05, 3.63) is 29.8 Å². The zero-order valence-electron chi connectivity index (χ0n) is 6.80. The van der Waals surface area contributed by atoms with Crippen molar-refractivity contribution in [1.82, 2.24) is 0 Å². The lowest BCUT2D eigenvalue weighted by molar-refractivity contribution is 0.407. The van der Waals surface area contributed by atoms with Crippen molar-refractivity contribution >= 4 is 22.4 Å². The highest BCUT2D eigenvalue weighted by Gasteiger charge is 2.07. The predicted octanol–water partition coefficient (Wildman–Crippen LogP) is 1.82. The molecule has 0 aliphatic rings. The Morgan fingerprint density at radius 2 is 2.00 bits per heavy atom. The van der Waals surface area contributed by atoms with Gasteiger partial charge in [0.1, 0.15) is 0 Å². The predicted molar refractivity (Wildman–Crippen MR) is 49.7 cm³/mol. The third-order valence-corrected chi connectivity index (χ3v) is 2.90. The van der Waals surface area contributed by atoms with Gasteiger partial charge in [-0.2, -0.15) is 12.0 Å². The zero-order chi connectivity index (χ0) is 9.90. The van der Waals surface area contributed by atoms with Crippen LogP contribution in [0.5, 0.6) is 0 Å². The maximum atomic E-state index is 10.2. The highest BCUT2D eigenvalue weighted by Crippen LogP contribution is 2.23. The first-order valence-electron chi connectivity index (χ1n) is 3.38. The van der Waals surface area contributed by atoms with E-state index in [1.807, 2.05) is 19.1 Å². The molecule has 0 amide bonds. The van der Waals surface area contributed by atoms with Crippen molar-refractivity contribution < 1.29 is 16.6 Å². The second-order valence-electron chi connectivity index (χ2n) is 2.34. The van der Waals surface area contributed by atoms with Gasteiger partial charge >= 0.3 is 10.4 Å². The molecule has 0 saturated carbocycles. The summed E-state index contributed by atoms with van der Waals surface area (Å²) < 4.78 is 32.9. The summed E-state index contributed by atoms with van der Waals surface area (Å²) in [4.78, 5) is 0.653. The van der Waals surface area contributed by atoms with Gasteiger partial charge < -0.3 is 0 Å². The van der Waals surface area contributed by atoms with Crippen LogP contribution in [0.1, 0.15) is 5.56 Å². The zero-order valence-corrected chi connectivity index (χ0v) is 8.43. The topological polar surface area (TPSA) is 63.6 Å². The highest BCUT2D eigenvalue weighted by molar-refractivity contribution is 8.02. The van der Waals surface area contributed by atoms with Crippen molar-refractivity contribution in [2.75, 3.05) is 0 Å². The average Bonchev–Trinajstić information content (AvgIpc) is 2.01. The summed E-state index contributed by atoms with van der Waals surface area (Å²) >= 11 is 0.616. The lowest BCUT2D eigenvalue weighted by atomic mass is 10.2. The first-order chi connectivity index (χ1) is 5.99. The molecule has 0 fully saturated rings. The lowest BCUT2D eigenvalue weighted by Gasteiger charge is -2.01. The summed E-state index contributed by atoms with van der Waals surface area (Å²) in [6.45, 7) is 1.82. The minimum absolute atomic E-state index is 0.616. The van der Waals surface area contributed by atoms with E-state index in [0.717, 1.165) is 5.56 Å². The molecule has 72 valence electrons. The molecule has 1 N–H and O–H groups in total. The van der Waals surface area contributed by atoms with Crippen LogP contribution in [0, 0.1) is 6.92 Å². The largest absolute Gasteiger partial charge is 0.408 e. The summed E-state index contributed by atoms with van der Waals surface area (Å²) in [5, 5.41) is 0. The summed E-state index contributed by atoms with van der Waals surface area (Å²) in [7, 11) is -4.38. The summed E-state index contributed by atoms with van der Waals surface area (Å²) in [6.07, 6.45) is 0. The minimum atomic E-state index is -4.38. The van der Waals surface area contributed by atoms with Crippen molar-refractivity contribution in [1.29, 1.82) is 0 Å². The maximum absolute atomic E-state index is 10.2. The van der Waals surface area contributed by atoms with Gasteiger partial charge in [0.15, 0.2) is 0 Å².